The van der Waals surface area contributed by atoms with Crippen LogP contribution in [-0.4, -0.2) is 122 Å². The fourth-order valence-corrected chi connectivity index (χ4v) is 5.31. The van der Waals surface area contributed by atoms with Crippen molar-refractivity contribution in [1.29, 1.82) is 0 Å². The first-order chi connectivity index (χ1) is 29.3. The van der Waals surface area contributed by atoms with Crippen LogP contribution < -0.4 is 37.2 Å². The Labute approximate surface area is 357 Å². The summed E-state index contributed by atoms with van der Waals surface area (Å²) >= 11 is 0. The van der Waals surface area contributed by atoms with Gasteiger partial charge in [-0.2, -0.15) is 0 Å². The average molecular weight is 876 g/mol. The molecule has 0 fully saturated rings. The minimum Gasteiger partial charge on any atom is -0.481 e. The van der Waals surface area contributed by atoms with Gasteiger partial charge in [-0.25, -0.2) is 33.6 Å². The number of hydrogen-bond donors (Lipinski definition) is 13. The Bertz CT molecular complexity index is 1790. The molecule has 342 valence electrons. The molecular weight excluding hydrogens is 818 g/mol. The molecule has 0 saturated heterocycles. The highest BCUT2D eigenvalue weighted by Crippen LogP contribution is 2.09. The SMILES string of the molecule is Cc1ccc(CNCCCC[C@H](NC(=O)N[C@@H](CCC(=O)O)C(=O)O)C(=O)O)cc1.Cc1ccc(NC(=O)NCCCC[C@H](NC(=O)N[C@@H](CCC(=O)O)C(=O)O)C(=O)O)cc1. The zero-order chi connectivity index (χ0) is 46.6. The van der Waals surface area contributed by atoms with Crippen LogP contribution in [0.4, 0.5) is 20.1 Å². The molecule has 22 nitrogen and oxygen atoms in total. The third kappa shape index (κ3) is 24.8. The van der Waals surface area contributed by atoms with Crippen LogP contribution in [0.15, 0.2) is 48.5 Å². The Morgan fingerprint density at radius 3 is 1.23 bits per heavy atom. The summed E-state index contributed by atoms with van der Waals surface area (Å²) in [4.78, 5) is 102. The minimum atomic E-state index is -1.46. The minimum absolute atomic E-state index is 0.0525. The molecule has 0 aliphatic carbocycles. The number of benzene rings is 2. The summed E-state index contributed by atoms with van der Waals surface area (Å²) in [6.07, 6.45) is 0.746. The molecule has 0 aromatic heterocycles. The number of aryl methyl sites for hydroxylation is 2. The van der Waals surface area contributed by atoms with Gasteiger partial charge in [-0.1, -0.05) is 47.5 Å². The number of aliphatic carboxylic acids is 6. The van der Waals surface area contributed by atoms with E-state index in [9.17, 15) is 53.4 Å². The summed E-state index contributed by atoms with van der Waals surface area (Å²) in [6.45, 7) is 5.62. The first-order valence-corrected chi connectivity index (χ1v) is 19.6. The third-order valence-corrected chi connectivity index (χ3v) is 8.77. The summed E-state index contributed by atoms with van der Waals surface area (Å²) in [5.74, 6) is -7.76. The average Bonchev–Trinajstić information content (AvgIpc) is 3.19. The zero-order valence-corrected chi connectivity index (χ0v) is 34.5. The lowest BCUT2D eigenvalue weighted by molar-refractivity contribution is -0.142. The predicted octanol–water partition coefficient (Wildman–Crippen LogP) is 2.68. The number of carbonyl (C=O) groups excluding carboxylic acids is 3. The van der Waals surface area contributed by atoms with Crippen LogP contribution in [0.25, 0.3) is 0 Å². The van der Waals surface area contributed by atoms with Gasteiger partial charge in [0.25, 0.3) is 0 Å². The van der Waals surface area contributed by atoms with Gasteiger partial charge in [0.05, 0.1) is 0 Å². The molecule has 0 unspecified atom stereocenters. The highest BCUT2D eigenvalue weighted by molar-refractivity contribution is 5.89. The first kappa shape index (κ1) is 53.0. The highest BCUT2D eigenvalue weighted by Gasteiger charge is 2.26. The number of urea groups is 3. The van der Waals surface area contributed by atoms with Crippen LogP contribution in [0, 0.1) is 13.8 Å². The summed E-state index contributed by atoms with van der Waals surface area (Å²) in [5.41, 5.74) is 4.03. The summed E-state index contributed by atoms with van der Waals surface area (Å²) in [6, 6.07) is 7.66. The number of rotatable bonds is 27. The molecule has 0 aliphatic rings. The Morgan fingerprint density at radius 2 is 0.839 bits per heavy atom. The van der Waals surface area contributed by atoms with Gasteiger partial charge in [-0.15, -0.1) is 0 Å². The fourth-order valence-electron chi connectivity index (χ4n) is 5.31. The molecule has 0 radical (unpaired) electrons. The molecule has 6 amide bonds. The number of hydrogen-bond acceptors (Lipinski definition) is 10. The predicted molar refractivity (Wildman–Crippen MR) is 222 cm³/mol. The van der Waals surface area contributed by atoms with Crippen LogP contribution in [0.1, 0.15) is 80.9 Å². The number of anilines is 1. The van der Waals surface area contributed by atoms with Crippen molar-refractivity contribution in [3.63, 3.8) is 0 Å². The molecule has 4 atom stereocenters. The summed E-state index contributed by atoms with van der Waals surface area (Å²) in [5, 5.41) is 71.0. The number of amides is 6. The van der Waals surface area contributed by atoms with E-state index in [-0.39, 0.29) is 32.2 Å². The molecule has 2 aromatic carbocycles. The van der Waals surface area contributed by atoms with E-state index in [4.69, 9.17) is 20.4 Å². The van der Waals surface area contributed by atoms with Gasteiger partial charge in [0, 0.05) is 31.6 Å². The van der Waals surface area contributed by atoms with E-state index in [0.29, 0.717) is 44.5 Å². The maximum atomic E-state index is 11.9. The molecule has 2 aromatic rings. The van der Waals surface area contributed by atoms with E-state index in [0.717, 1.165) is 11.1 Å². The zero-order valence-electron chi connectivity index (χ0n) is 34.5. The molecule has 2 rings (SSSR count). The Balaban J connectivity index is 0.000000621. The molecule has 0 spiro atoms. The second kappa shape index (κ2) is 29.3. The lowest BCUT2D eigenvalue weighted by Crippen LogP contribution is -2.51. The van der Waals surface area contributed by atoms with Crippen LogP contribution in [0.3, 0.4) is 0 Å². The van der Waals surface area contributed by atoms with E-state index < -0.39 is 90.9 Å². The van der Waals surface area contributed by atoms with E-state index in [1.165, 1.54) is 5.56 Å². The molecule has 0 heterocycles. The Morgan fingerprint density at radius 1 is 0.468 bits per heavy atom. The highest BCUT2D eigenvalue weighted by atomic mass is 16.4. The van der Waals surface area contributed by atoms with E-state index in [2.05, 4.69) is 37.2 Å². The second-order valence-corrected chi connectivity index (χ2v) is 14.1. The number of carboxylic acid groups (broad SMARTS) is 6. The van der Waals surface area contributed by atoms with Crippen molar-refractivity contribution in [3.05, 3.63) is 65.2 Å². The van der Waals surface area contributed by atoms with Crippen LogP contribution in [0.2, 0.25) is 0 Å². The van der Waals surface area contributed by atoms with Gasteiger partial charge in [-0.05, 0) is 89.5 Å². The van der Waals surface area contributed by atoms with Gasteiger partial charge < -0.3 is 67.9 Å². The van der Waals surface area contributed by atoms with Crippen LogP contribution in [-0.2, 0) is 35.3 Å². The van der Waals surface area contributed by atoms with E-state index >= 15 is 0 Å². The lowest BCUT2D eigenvalue weighted by Gasteiger charge is -2.18. The number of carbonyl (C=O) groups is 9. The Hall–Kier alpha value is -6.97. The second-order valence-electron chi connectivity index (χ2n) is 14.1. The number of carboxylic acids is 6. The molecule has 13 N–H and O–H groups in total. The molecule has 22 heteroatoms. The van der Waals surface area contributed by atoms with Crippen molar-refractivity contribution >= 4 is 59.6 Å². The van der Waals surface area contributed by atoms with Gasteiger partial charge in [0.2, 0.25) is 0 Å². The standard InChI is InChI=1S/C20H28N4O8.C20H29N3O7/c1-12-5-7-13(8-6-12)22-19(31)21-11-3-2-4-14(17(27)28)23-20(32)24-15(18(29)30)9-10-16(25)26;1-13-5-7-14(8-6-13)12-21-11-3-2-4-15(18(26)27)22-20(30)23-16(19(28)29)9-10-17(24)25/h5-8,14-15H,2-4,9-11H2,1H3,(H,25,26)(H,27,28)(H,29,30)(H2,21,22,31)(H2,23,24,32);5-8,15-16,21H,2-4,9-12H2,1H3,(H,24,25)(H,26,27)(H,28,29)(H2,22,23,30)/t14-,15-;15-,16-/m00/s1. The molecule has 0 bridgehead atoms. The maximum Gasteiger partial charge on any atom is 0.326 e. The molecular formula is C40H57N7O15. The molecule has 62 heavy (non-hydrogen) atoms. The summed E-state index contributed by atoms with van der Waals surface area (Å²) in [7, 11) is 0. The van der Waals surface area contributed by atoms with Crippen molar-refractivity contribution in [2.45, 2.75) is 109 Å². The smallest absolute Gasteiger partial charge is 0.326 e. The number of unbranched alkanes of at least 4 members (excludes halogenated alkanes) is 2. The van der Waals surface area contributed by atoms with Crippen LogP contribution in [0.5, 0.6) is 0 Å². The third-order valence-electron chi connectivity index (χ3n) is 8.77. The van der Waals surface area contributed by atoms with Gasteiger partial charge in [-0.3, -0.25) is 9.59 Å². The van der Waals surface area contributed by atoms with Crippen molar-refractivity contribution in [1.82, 2.24) is 31.9 Å². The van der Waals surface area contributed by atoms with Crippen molar-refractivity contribution in [2.24, 2.45) is 0 Å². The van der Waals surface area contributed by atoms with Crippen LogP contribution >= 0.6 is 0 Å². The topological polar surface area (TPSA) is 359 Å². The molecule has 0 aliphatic heterocycles. The van der Waals surface area contributed by atoms with Gasteiger partial charge in [0.1, 0.15) is 24.2 Å². The largest absolute Gasteiger partial charge is 0.481 e. The van der Waals surface area contributed by atoms with Crippen molar-refractivity contribution < 1.29 is 73.8 Å². The molecule has 0 saturated carbocycles. The maximum absolute atomic E-state index is 11.9. The fraction of sp³-hybridized carbons (Fsp3) is 0.475. The quantitative estimate of drug-likeness (QED) is 0.0574. The van der Waals surface area contributed by atoms with E-state index in [1.807, 2.05) is 50.2 Å². The normalized spacial score (nSPS) is 12.4. The lowest BCUT2D eigenvalue weighted by atomic mass is 10.1. The first-order valence-electron chi connectivity index (χ1n) is 19.6. The van der Waals surface area contributed by atoms with Crippen molar-refractivity contribution in [2.75, 3.05) is 18.4 Å². The number of nitrogens with one attached hydrogen (secondary N) is 7. The Kier molecular flexibility index (Phi) is 25.1. The van der Waals surface area contributed by atoms with Crippen molar-refractivity contribution in [3.8, 4) is 0 Å². The monoisotopic (exact) mass is 875 g/mol. The van der Waals surface area contributed by atoms with E-state index in [1.54, 1.807) is 12.1 Å². The van der Waals surface area contributed by atoms with Gasteiger partial charge >= 0.3 is 53.9 Å². The summed E-state index contributed by atoms with van der Waals surface area (Å²) < 4.78 is 0. The van der Waals surface area contributed by atoms with Gasteiger partial charge in [0.15, 0.2) is 0 Å².